The quantitative estimate of drug-likeness (QED) is 0.392. The fourth-order valence-electron chi connectivity index (χ4n) is 3.31. The fraction of sp³-hybridized carbons (Fsp3) is 0.174. The highest BCUT2D eigenvalue weighted by Gasteiger charge is 2.17. The van der Waals surface area contributed by atoms with Crippen LogP contribution in [0.5, 0.6) is 11.5 Å². The summed E-state index contributed by atoms with van der Waals surface area (Å²) in [6.45, 7) is 4.19. The van der Waals surface area contributed by atoms with Crippen LogP contribution in [0.25, 0.3) is 22.0 Å². The second-order valence-electron chi connectivity index (χ2n) is 7.23. The third-order valence-electron chi connectivity index (χ3n) is 4.62. The minimum Gasteiger partial charge on any atom is -0.454 e. The Labute approximate surface area is 176 Å². The van der Waals surface area contributed by atoms with Crippen LogP contribution in [0.1, 0.15) is 13.8 Å². The average molecular weight is 426 g/mol. The third kappa shape index (κ3) is 3.85. The molecule has 7 heteroatoms. The van der Waals surface area contributed by atoms with Gasteiger partial charge in [0.15, 0.2) is 11.6 Å². The van der Waals surface area contributed by atoms with Crippen LogP contribution in [0.3, 0.4) is 0 Å². The van der Waals surface area contributed by atoms with Gasteiger partial charge in [-0.1, -0.05) is 13.8 Å². The van der Waals surface area contributed by atoms with E-state index < -0.39 is 11.6 Å². The van der Waals surface area contributed by atoms with Crippen LogP contribution in [-0.2, 0) is 7.05 Å². The molecule has 0 saturated carbocycles. The van der Waals surface area contributed by atoms with Crippen molar-refractivity contribution in [1.82, 2.24) is 9.55 Å². The Balaban J connectivity index is 1.91. The summed E-state index contributed by atoms with van der Waals surface area (Å²) in [5.74, 6) is -1.11. The third-order valence-corrected chi connectivity index (χ3v) is 5.62. The number of aromatic nitrogens is 2. The largest absolute Gasteiger partial charge is 0.454 e. The second kappa shape index (κ2) is 7.99. The fourth-order valence-corrected chi connectivity index (χ4v) is 4.19. The minimum absolute atomic E-state index is 0.0722. The van der Waals surface area contributed by atoms with Crippen molar-refractivity contribution in [3.8, 4) is 22.6 Å². The number of H-pyrrole nitrogens is 1. The lowest BCUT2D eigenvalue weighted by molar-refractivity contribution is 0.439. The Morgan fingerprint density at radius 2 is 1.80 bits per heavy atom. The lowest BCUT2D eigenvalue weighted by atomic mass is 10.0. The number of aromatic amines is 1. The number of rotatable bonds is 5. The van der Waals surface area contributed by atoms with Gasteiger partial charge in [0.05, 0.1) is 0 Å². The molecule has 0 spiro atoms. The van der Waals surface area contributed by atoms with Crippen LogP contribution in [-0.4, -0.2) is 14.8 Å². The van der Waals surface area contributed by atoms with Crippen molar-refractivity contribution in [1.29, 1.82) is 0 Å². The number of ether oxygens (including phenoxy) is 1. The van der Waals surface area contributed by atoms with Crippen molar-refractivity contribution >= 4 is 22.7 Å². The first kappa shape index (κ1) is 20.2. The van der Waals surface area contributed by atoms with Gasteiger partial charge in [-0.2, -0.15) is 0 Å². The molecule has 0 atom stereocenters. The van der Waals surface area contributed by atoms with Crippen LogP contribution >= 0.6 is 11.8 Å². The molecule has 4 rings (SSSR count). The Morgan fingerprint density at radius 1 is 1.03 bits per heavy atom. The molecule has 0 saturated heterocycles. The maximum atomic E-state index is 14.2. The summed E-state index contributed by atoms with van der Waals surface area (Å²) in [4.78, 5) is 16.5. The highest BCUT2D eigenvalue weighted by atomic mass is 32.2. The van der Waals surface area contributed by atoms with Gasteiger partial charge < -0.3 is 14.3 Å². The number of halogens is 2. The molecule has 154 valence electrons. The number of hydrogen-bond donors (Lipinski definition) is 1. The molecule has 2 aromatic carbocycles. The first-order valence-corrected chi connectivity index (χ1v) is 10.3. The van der Waals surface area contributed by atoms with Gasteiger partial charge in [0, 0.05) is 52.2 Å². The summed E-state index contributed by atoms with van der Waals surface area (Å²) in [6.07, 6.45) is 3.45. The van der Waals surface area contributed by atoms with Crippen LogP contribution in [0.15, 0.2) is 64.5 Å². The maximum absolute atomic E-state index is 14.2. The molecule has 2 aromatic heterocycles. The van der Waals surface area contributed by atoms with Gasteiger partial charge in [-0.05, 0) is 36.4 Å². The molecular formula is C23H20F2N2O2S. The first-order chi connectivity index (χ1) is 14.3. The number of fused-ring (bicyclic) bond motifs is 1. The van der Waals surface area contributed by atoms with Gasteiger partial charge in [-0.15, -0.1) is 11.8 Å². The Hall–Kier alpha value is -3.06. The van der Waals surface area contributed by atoms with Gasteiger partial charge in [-0.3, -0.25) is 4.79 Å². The lowest BCUT2D eigenvalue weighted by Crippen LogP contribution is -2.16. The van der Waals surface area contributed by atoms with E-state index in [0.29, 0.717) is 22.1 Å². The topological polar surface area (TPSA) is 47.0 Å². The number of hydrogen-bond acceptors (Lipinski definition) is 3. The van der Waals surface area contributed by atoms with Crippen LogP contribution in [0.2, 0.25) is 0 Å². The van der Waals surface area contributed by atoms with Gasteiger partial charge in [0.1, 0.15) is 17.1 Å². The molecule has 4 nitrogen and oxygen atoms in total. The van der Waals surface area contributed by atoms with E-state index in [1.807, 2.05) is 18.2 Å². The van der Waals surface area contributed by atoms with Crippen molar-refractivity contribution in [2.75, 3.05) is 0 Å². The van der Waals surface area contributed by atoms with Crippen molar-refractivity contribution < 1.29 is 13.5 Å². The summed E-state index contributed by atoms with van der Waals surface area (Å²) in [5, 5.41) is 1.11. The van der Waals surface area contributed by atoms with E-state index >= 15 is 0 Å². The molecule has 0 amide bonds. The van der Waals surface area contributed by atoms with Crippen molar-refractivity contribution in [3.63, 3.8) is 0 Å². The number of aryl methyl sites for hydroxylation is 1. The van der Waals surface area contributed by atoms with Gasteiger partial charge in [0.25, 0.3) is 5.56 Å². The number of thioether (sulfide) groups is 1. The molecule has 0 aliphatic carbocycles. The minimum atomic E-state index is -0.783. The van der Waals surface area contributed by atoms with E-state index in [9.17, 15) is 13.6 Å². The molecule has 30 heavy (non-hydrogen) atoms. The van der Waals surface area contributed by atoms with E-state index in [4.69, 9.17) is 4.74 Å². The highest BCUT2D eigenvalue weighted by molar-refractivity contribution is 7.99. The zero-order chi connectivity index (χ0) is 21.4. The predicted molar refractivity (Wildman–Crippen MR) is 116 cm³/mol. The first-order valence-electron chi connectivity index (χ1n) is 9.44. The van der Waals surface area contributed by atoms with Crippen molar-refractivity contribution in [2.24, 2.45) is 7.05 Å². The summed E-state index contributed by atoms with van der Waals surface area (Å²) >= 11 is 1.69. The maximum Gasteiger partial charge on any atom is 0.274 e. The molecule has 1 N–H and O–H groups in total. The van der Waals surface area contributed by atoms with E-state index in [1.54, 1.807) is 37.3 Å². The summed E-state index contributed by atoms with van der Waals surface area (Å²) in [5.41, 5.74) is 1.83. The van der Waals surface area contributed by atoms with Gasteiger partial charge in [0.2, 0.25) is 0 Å². The standard InChI is InChI=1S/C23H20F2N2O2S/c1-13(2)30-15-5-7-20(29-21-6-4-14(24)10-19(21)25)17(11-15)18-12-27(3)23(28)22-16(18)8-9-26-22/h4-13,26H,1-3H3. The zero-order valence-electron chi connectivity index (χ0n) is 16.7. The van der Waals surface area contributed by atoms with Gasteiger partial charge in [-0.25, -0.2) is 8.78 Å². The van der Waals surface area contributed by atoms with E-state index in [0.717, 1.165) is 28.0 Å². The smallest absolute Gasteiger partial charge is 0.274 e. The zero-order valence-corrected chi connectivity index (χ0v) is 17.5. The highest BCUT2D eigenvalue weighted by Crippen LogP contribution is 2.40. The van der Waals surface area contributed by atoms with Crippen molar-refractivity contribution in [3.05, 3.63) is 76.8 Å². The lowest BCUT2D eigenvalue weighted by Gasteiger charge is -2.16. The monoisotopic (exact) mass is 426 g/mol. The normalized spacial score (nSPS) is 11.4. The Morgan fingerprint density at radius 3 is 2.53 bits per heavy atom. The van der Waals surface area contributed by atoms with Crippen LogP contribution in [0, 0.1) is 11.6 Å². The molecular weight excluding hydrogens is 406 g/mol. The van der Waals surface area contributed by atoms with Crippen molar-refractivity contribution in [2.45, 2.75) is 24.0 Å². The van der Waals surface area contributed by atoms with Gasteiger partial charge >= 0.3 is 0 Å². The Kier molecular flexibility index (Phi) is 5.39. The molecule has 0 radical (unpaired) electrons. The average Bonchev–Trinajstić information content (AvgIpc) is 3.18. The number of pyridine rings is 1. The molecule has 0 fully saturated rings. The number of nitrogens with one attached hydrogen (secondary N) is 1. The van der Waals surface area contributed by atoms with E-state index in [1.165, 1.54) is 10.6 Å². The summed E-state index contributed by atoms with van der Waals surface area (Å²) in [6, 6.07) is 10.7. The van der Waals surface area contributed by atoms with Crippen LogP contribution < -0.4 is 10.3 Å². The molecule has 0 aliphatic rings. The predicted octanol–water partition coefficient (Wildman–Crippen LogP) is 6.10. The molecule has 2 heterocycles. The van der Waals surface area contributed by atoms with E-state index in [-0.39, 0.29) is 11.3 Å². The molecule has 4 aromatic rings. The molecule has 0 unspecified atom stereocenters. The number of nitrogens with zero attached hydrogens (tertiary/aromatic N) is 1. The summed E-state index contributed by atoms with van der Waals surface area (Å²) < 4.78 is 34.9. The SMILES string of the molecule is CC(C)Sc1ccc(Oc2ccc(F)cc2F)c(-c2cn(C)c(=O)c3[nH]ccc23)c1. The van der Waals surface area contributed by atoms with Crippen LogP contribution in [0.4, 0.5) is 8.78 Å². The second-order valence-corrected chi connectivity index (χ2v) is 8.88. The van der Waals surface area contributed by atoms with E-state index in [2.05, 4.69) is 18.8 Å². The molecule has 0 bridgehead atoms. The summed E-state index contributed by atoms with van der Waals surface area (Å²) in [7, 11) is 1.68. The Bertz CT molecular complexity index is 1290. The molecule has 0 aliphatic heterocycles. The number of benzene rings is 2.